The molecule has 17 heavy (non-hydrogen) atoms. The smallest absolute Gasteiger partial charge is 0.0928 e. The summed E-state index contributed by atoms with van der Waals surface area (Å²) >= 11 is 7.43. The lowest BCUT2D eigenvalue weighted by Gasteiger charge is -2.02. The Balaban J connectivity index is 1.44. The number of halogens is 1. The van der Waals surface area contributed by atoms with Crippen molar-refractivity contribution in [3.63, 3.8) is 0 Å². The lowest BCUT2D eigenvalue weighted by molar-refractivity contribution is 0.124. The maximum atomic E-state index is 5.71. The molecule has 2 nitrogen and oxygen atoms in total. The van der Waals surface area contributed by atoms with Crippen LogP contribution >= 0.6 is 22.9 Å². The molecule has 1 aliphatic carbocycles. The second-order valence-electron chi connectivity index (χ2n) is 4.67. The highest BCUT2D eigenvalue weighted by Crippen LogP contribution is 2.32. The summed E-state index contributed by atoms with van der Waals surface area (Å²) in [7, 11) is 0. The lowest BCUT2D eigenvalue weighted by atomic mass is 10.2. The van der Waals surface area contributed by atoms with Gasteiger partial charge in [0.2, 0.25) is 0 Å². The highest BCUT2D eigenvalue weighted by Gasteiger charge is 2.20. The van der Waals surface area contributed by atoms with Crippen LogP contribution in [0, 0.1) is 5.92 Å². The van der Waals surface area contributed by atoms with E-state index in [-0.39, 0.29) is 0 Å². The minimum absolute atomic E-state index is 0.529. The van der Waals surface area contributed by atoms with Crippen LogP contribution in [0.2, 0.25) is 0 Å². The normalized spacial score (nSPS) is 15.4. The highest BCUT2D eigenvalue weighted by molar-refractivity contribution is 7.09. The van der Waals surface area contributed by atoms with Gasteiger partial charge in [-0.25, -0.2) is 4.98 Å². The molecule has 1 aromatic heterocycles. The lowest BCUT2D eigenvalue weighted by Crippen LogP contribution is -1.98. The fraction of sp³-hybridized carbons (Fsp3) is 0.769. The molecule has 0 unspecified atom stereocenters. The molecule has 0 radical (unpaired) electrons. The number of ether oxygens (including phenoxy) is 1. The average molecular weight is 274 g/mol. The highest BCUT2D eigenvalue weighted by atomic mass is 35.5. The van der Waals surface area contributed by atoms with E-state index in [9.17, 15) is 0 Å². The Morgan fingerprint density at radius 3 is 2.94 bits per heavy atom. The van der Waals surface area contributed by atoms with Gasteiger partial charge < -0.3 is 4.74 Å². The van der Waals surface area contributed by atoms with Gasteiger partial charge in [0.05, 0.1) is 16.6 Å². The number of alkyl halides is 1. The number of unbranched alkanes of at least 4 members (excludes halogenated alkanes) is 1. The number of rotatable bonds is 9. The van der Waals surface area contributed by atoms with Crippen molar-refractivity contribution in [1.29, 1.82) is 0 Å². The molecule has 0 saturated heterocycles. The third kappa shape index (κ3) is 5.36. The minimum atomic E-state index is 0.529. The van der Waals surface area contributed by atoms with Gasteiger partial charge in [0.25, 0.3) is 0 Å². The predicted octanol–water partition coefficient (Wildman–Crippen LogP) is 4.02. The molecular weight excluding hydrogens is 254 g/mol. The van der Waals surface area contributed by atoms with Crippen LogP contribution in [0.3, 0.4) is 0 Å². The van der Waals surface area contributed by atoms with E-state index in [2.05, 4.69) is 10.4 Å². The number of aromatic nitrogens is 1. The Kier molecular flexibility index (Phi) is 5.75. The summed E-state index contributed by atoms with van der Waals surface area (Å²) in [6.45, 7) is 1.86. The van der Waals surface area contributed by atoms with Crippen molar-refractivity contribution in [3.8, 4) is 0 Å². The third-order valence-corrected chi connectivity index (χ3v) is 4.26. The van der Waals surface area contributed by atoms with E-state index >= 15 is 0 Å². The summed E-state index contributed by atoms with van der Waals surface area (Å²) in [5.74, 6) is 1.51. The Morgan fingerprint density at radius 2 is 2.24 bits per heavy atom. The standard InChI is InChI=1S/C13H20ClNOS/c14-9-12-10-17-13(15-12)3-1-2-7-16-8-6-11-4-5-11/h10-11H,1-9H2. The van der Waals surface area contributed by atoms with Crippen molar-refractivity contribution in [1.82, 2.24) is 4.98 Å². The molecule has 0 bridgehead atoms. The zero-order valence-corrected chi connectivity index (χ0v) is 11.7. The zero-order valence-electron chi connectivity index (χ0n) is 10.2. The van der Waals surface area contributed by atoms with Crippen molar-refractivity contribution in [3.05, 3.63) is 16.1 Å². The second kappa shape index (κ2) is 7.34. The van der Waals surface area contributed by atoms with Crippen LogP contribution in [-0.2, 0) is 17.0 Å². The zero-order chi connectivity index (χ0) is 11.9. The van der Waals surface area contributed by atoms with E-state index in [1.54, 1.807) is 11.3 Å². The summed E-state index contributed by atoms with van der Waals surface area (Å²) < 4.78 is 5.61. The van der Waals surface area contributed by atoms with Crippen molar-refractivity contribution >= 4 is 22.9 Å². The molecular formula is C13H20ClNOS. The Hall–Kier alpha value is -0.120. The molecule has 0 amide bonds. The minimum Gasteiger partial charge on any atom is -0.381 e. The van der Waals surface area contributed by atoms with E-state index in [1.807, 2.05) is 0 Å². The number of thiazole rings is 1. The van der Waals surface area contributed by atoms with Crippen LogP contribution in [0.25, 0.3) is 0 Å². The number of aryl methyl sites for hydroxylation is 1. The quantitative estimate of drug-likeness (QED) is 0.501. The van der Waals surface area contributed by atoms with Crippen LogP contribution in [0.15, 0.2) is 5.38 Å². The number of hydrogen-bond acceptors (Lipinski definition) is 3. The van der Waals surface area contributed by atoms with Gasteiger partial charge in [-0.05, 0) is 31.6 Å². The second-order valence-corrected chi connectivity index (χ2v) is 5.88. The van der Waals surface area contributed by atoms with E-state index in [0.717, 1.165) is 37.7 Å². The molecule has 1 heterocycles. The maximum Gasteiger partial charge on any atom is 0.0928 e. The van der Waals surface area contributed by atoms with Crippen molar-refractivity contribution in [2.24, 2.45) is 5.92 Å². The summed E-state index contributed by atoms with van der Waals surface area (Å²) in [6.07, 6.45) is 7.49. The van der Waals surface area contributed by atoms with Crippen molar-refractivity contribution in [2.75, 3.05) is 13.2 Å². The van der Waals surface area contributed by atoms with Gasteiger partial charge in [0.1, 0.15) is 0 Å². The van der Waals surface area contributed by atoms with Crippen LogP contribution in [0.1, 0.15) is 42.8 Å². The first-order chi connectivity index (χ1) is 8.38. The molecule has 1 aliphatic rings. The topological polar surface area (TPSA) is 22.1 Å². The Bertz CT molecular complexity index is 325. The van der Waals surface area contributed by atoms with E-state index in [0.29, 0.717) is 5.88 Å². The molecule has 1 fully saturated rings. The van der Waals surface area contributed by atoms with Gasteiger partial charge >= 0.3 is 0 Å². The van der Waals surface area contributed by atoms with Crippen LogP contribution in [0.5, 0.6) is 0 Å². The molecule has 2 rings (SSSR count). The monoisotopic (exact) mass is 273 g/mol. The van der Waals surface area contributed by atoms with E-state index in [1.165, 1.54) is 30.7 Å². The van der Waals surface area contributed by atoms with Gasteiger partial charge in [-0.15, -0.1) is 22.9 Å². The summed E-state index contributed by atoms with van der Waals surface area (Å²) in [6, 6.07) is 0. The number of nitrogens with zero attached hydrogens (tertiary/aromatic N) is 1. The van der Waals surface area contributed by atoms with Gasteiger partial charge in [0.15, 0.2) is 0 Å². The van der Waals surface area contributed by atoms with Gasteiger partial charge in [-0.1, -0.05) is 12.8 Å². The summed E-state index contributed by atoms with van der Waals surface area (Å²) in [5.41, 5.74) is 1.01. The summed E-state index contributed by atoms with van der Waals surface area (Å²) in [5, 5.41) is 3.26. The Labute approximate surface area is 112 Å². The first-order valence-corrected chi connectivity index (χ1v) is 7.87. The van der Waals surface area contributed by atoms with Crippen LogP contribution in [-0.4, -0.2) is 18.2 Å². The molecule has 96 valence electrons. The fourth-order valence-corrected chi connectivity index (χ4v) is 2.83. The maximum absolute atomic E-state index is 5.71. The molecule has 0 aliphatic heterocycles. The van der Waals surface area contributed by atoms with Gasteiger partial charge in [0, 0.05) is 18.6 Å². The average Bonchev–Trinajstić information content (AvgIpc) is 3.05. The molecule has 0 aromatic carbocycles. The summed E-state index contributed by atoms with van der Waals surface area (Å²) in [4.78, 5) is 4.44. The molecule has 1 saturated carbocycles. The van der Waals surface area contributed by atoms with E-state index < -0.39 is 0 Å². The fourth-order valence-electron chi connectivity index (χ4n) is 1.76. The van der Waals surface area contributed by atoms with E-state index in [4.69, 9.17) is 16.3 Å². The molecule has 0 atom stereocenters. The first-order valence-electron chi connectivity index (χ1n) is 6.45. The van der Waals surface area contributed by atoms with Crippen LogP contribution in [0.4, 0.5) is 0 Å². The predicted molar refractivity (Wildman–Crippen MR) is 72.8 cm³/mol. The molecule has 0 N–H and O–H groups in total. The third-order valence-electron chi connectivity index (χ3n) is 3.03. The van der Waals surface area contributed by atoms with Crippen LogP contribution < -0.4 is 0 Å². The first kappa shape index (κ1) is 13.3. The van der Waals surface area contributed by atoms with Gasteiger partial charge in [-0.2, -0.15) is 0 Å². The molecule has 0 spiro atoms. The Morgan fingerprint density at radius 1 is 1.35 bits per heavy atom. The van der Waals surface area contributed by atoms with Gasteiger partial charge in [-0.3, -0.25) is 0 Å². The molecule has 1 aromatic rings. The van der Waals surface area contributed by atoms with Crippen molar-refractivity contribution < 1.29 is 4.74 Å². The molecule has 4 heteroatoms. The van der Waals surface area contributed by atoms with Crippen molar-refractivity contribution in [2.45, 2.75) is 44.4 Å². The largest absolute Gasteiger partial charge is 0.381 e. The number of hydrogen-bond donors (Lipinski definition) is 0. The SMILES string of the molecule is ClCc1csc(CCCCOCCC2CC2)n1.